The normalized spacial score (nSPS) is 13.6. The molecule has 6 heteroatoms. The van der Waals surface area contributed by atoms with E-state index in [9.17, 15) is 9.59 Å². The minimum Gasteiger partial charge on any atom is -0.465 e. The van der Waals surface area contributed by atoms with Gasteiger partial charge in [-0.25, -0.2) is 4.79 Å². The van der Waals surface area contributed by atoms with Crippen LogP contribution in [0.5, 0.6) is 0 Å². The van der Waals surface area contributed by atoms with Crippen LogP contribution in [-0.4, -0.2) is 40.4 Å². The first-order chi connectivity index (χ1) is 14.5. The molecule has 4 aromatic rings. The molecule has 0 atom stereocenters. The first-order valence-corrected chi connectivity index (χ1v) is 10.1. The highest BCUT2D eigenvalue weighted by Crippen LogP contribution is 2.30. The standard InChI is InChI=1S/C24H23N3O3/c1-13-14(2)25-20-6-4-15(10-17(13)20)23(28)27-9-8-22-19(12-27)18-11-16(24(29)30-3)5-7-21(18)26-22/h4-7,10-11,25-26H,8-9,12H2,1-3H3. The zero-order chi connectivity index (χ0) is 21.0. The lowest BCUT2D eigenvalue weighted by Crippen LogP contribution is -2.35. The number of esters is 1. The number of rotatable bonds is 2. The fourth-order valence-electron chi connectivity index (χ4n) is 4.41. The van der Waals surface area contributed by atoms with Crippen molar-refractivity contribution in [3.05, 3.63) is 70.0 Å². The van der Waals surface area contributed by atoms with Gasteiger partial charge in [0.2, 0.25) is 0 Å². The van der Waals surface area contributed by atoms with Crippen LogP contribution in [0.2, 0.25) is 0 Å². The fraction of sp³-hybridized carbons (Fsp3) is 0.250. The first kappa shape index (κ1) is 18.5. The summed E-state index contributed by atoms with van der Waals surface area (Å²) in [4.78, 5) is 33.9. The van der Waals surface area contributed by atoms with Gasteiger partial charge in [-0.05, 0) is 55.8 Å². The Balaban J connectivity index is 1.49. The Bertz CT molecular complexity index is 1330. The smallest absolute Gasteiger partial charge is 0.337 e. The summed E-state index contributed by atoms with van der Waals surface area (Å²) in [7, 11) is 1.38. The van der Waals surface area contributed by atoms with Gasteiger partial charge in [-0.3, -0.25) is 4.79 Å². The summed E-state index contributed by atoms with van der Waals surface area (Å²) in [5.41, 5.74) is 7.73. The predicted octanol–water partition coefficient (Wildman–Crippen LogP) is 4.25. The van der Waals surface area contributed by atoms with Crippen molar-refractivity contribution < 1.29 is 14.3 Å². The highest BCUT2D eigenvalue weighted by Gasteiger charge is 2.25. The number of nitrogens with one attached hydrogen (secondary N) is 2. The van der Waals surface area contributed by atoms with Crippen molar-refractivity contribution in [3.63, 3.8) is 0 Å². The molecule has 1 amide bonds. The maximum absolute atomic E-state index is 13.3. The number of fused-ring (bicyclic) bond motifs is 4. The van der Waals surface area contributed by atoms with Gasteiger partial charge in [-0.15, -0.1) is 0 Å². The van der Waals surface area contributed by atoms with E-state index in [1.54, 1.807) is 6.07 Å². The molecule has 6 nitrogen and oxygen atoms in total. The van der Waals surface area contributed by atoms with Gasteiger partial charge < -0.3 is 19.6 Å². The van der Waals surface area contributed by atoms with E-state index in [4.69, 9.17) is 4.74 Å². The van der Waals surface area contributed by atoms with Crippen LogP contribution in [0.4, 0.5) is 0 Å². The quantitative estimate of drug-likeness (QED) is 0.493. The SMILES string of the molecule is COC(=O)c1ccc2[nH]c3c(c2c1)CN(C(=O)c1ccc2[nH]c(C)c(C)c2c1)CC3. The number of benzene rings is 2. The Morgan fingerprint density at radius 2 is 1.67 bits per heavy atom. The van der Waals surface area contributed by atoms with Crippen LogP contribution < -0.4 is 0 Å². The summed E-state index contributed by atoms with van der Waals surface area (Å²) >= 11 is 0. The average Bonchev–Trinajstić information content (AvgIpc) is 3.28. The van der Waals surface area contributed by atoms with Crippen molar-refractivity contribution in [1.82, 2.24) is 14.9 Å². The van der Waals surface area contributed by atoms with E-state index in [1.807, 2.05) is 42.2 Å². The van der Waals surface area contributed by atoms with Crippen molar-refractivity contribution >= 4 is 33.7 Å². The topological polar surface area (TPSA) is 78.2 Å². The number of aromatic amines is 2. The van der Waals surface area contributed by atoms with Crippen molar-refractivity contribution in [2.45, 2.75) is 26.8 Å². The molecule has 1 aliphatic heterocycles. The Kier molecular flexibility index (Phi) is 4.17. The molecule has 2 aromatic heterocycles. The number of amides is 1. The van der Waals surface area contributed by atoms with E-state index < -0.39 is 0 Å². The van der Waals surface area contributed by atoms with Gasteiger partial charge in [0.15, 0.2) is 0 Å². The second kappa shape index (κ2) is 6.76. The van der Waals surface area contributed by atoms with Crippen LogP contribution in [0, 0.1) is 13.8 Å². The summed E-state index contributed by atoms with van der Waals surface area (Å²) < 4.78 is 4.85. The van der Waals surface area contributed by atoms with Gasteiger partial charge in [0.05, 0.1) is 12.7 Å². The molecule has 0 saturated heterocycles. The third-order valence-corrected chi connectivity index (χ3v) is 6.24. The second-order valence-corrected chi connectivity index (χ2v) is 7.95. The van der Waals surface area contributed by atoms with Gasteiger partial charge in [0, 0.05) is 63.8 Å². The van der Waals surface area contributed by atoms with Crippen LogP contribution in [0.1, 0.15) is 43.2 Å². The van der Waals surface area contributed by atoms with Crippen LogP contribution in [-0.2, 0) is 17.7 Å². The van der Waals surface area contributed by atoms with Gasteiger partial charge in [0.1, 0.15) is 0 Å². The molecule has 2 aromatic carbocycles. The molecule has 0 unspecified atom stereocenters. The highest BCUT2D eigenvalue weighted by atomic mass is 16.5. The highest BCUT2D eigenvalue weighted by molar-refractivity contribution is 6.00. The molecular formula is C24H23N3O3. The fourth-order valence-corrected chi connectivity index (χ4v) is 4.41. The van der Waals surface area contributed by atoms with Crippen LogP contribution in [0.15, 0.2) is 36.4 Å². The van der Waals surface area contributed by atoms with Gasteiger partial charge >= 0.3 is 5.97 Å². The number of methoxy groups -OCH3 is 1. The number of ether oxygens (including phenoxy) is 1. The Morgan fingerprint density at radius 3 is 2.43 bits per heavy atom. The maximum Gasteiger partial charge on any atom is 0.337 e. The Hall–Kier alpha value is -3.54. The van der Waals surface area contributed by atoms with E-state index in [0.717, 1.165) is 45.2 Å². The molecule has 0 saturated carbocycles. The molecule has 0 bridgehead atoms. The number of H-pyrrole nitrogens is 2. The zero-order valence-corrected chi connectivity index (χ0v) is 17.3. The number of hydrogen-bond donors (Lipinski definition) is 2. The lowest BCUT2D eigenvalue weighted by molar-refractivity contribution is 0.0600. The van der Waals surface area contributed by atoms with Crippen molar-refractivity contribution in [2.75, 3.05) is 13.7 Å². The molecule has 1 aliphatic rings. The molecule has 30 heavy (non-hydrogen) atoms. The molecule has 2 N–H and O–H groups in total. The third kappa shape index (κ3) is 2.79. The summed E-state index contributed by atoms with van der Waals surface area (Å²) in [6.45, 7) is 5.29. The molecule has 0 spiro atoms. The summed E-state index contributed by atoms with van der Waals surface area (Å²) in [5.74, 6) is -0.333. The van der Waals surface area contributed by atoms with Crippen molar-refractivity contribution in [1.29, 1.82) is 0 Å². The molecule has 0 aliphatic carbocycles. The second-order valence-electron chi connectivity index (χ2n) is 7.95. The Labute approximate surface area is 173 Å². The molecule has 5 rings (SSSR count). The molecule has 152 valence electrons. The monoisotopic (exact) mass is 401 g/mol. The molecule has 0 radical (unpaired) electrons. The van der Waals surface area contributed by atoms with E-state index in [0.29, 0.717) is 24.2 Å². The van der Waals surface area contributed by atoms with Crippen molar-refractivity contribution in [2.24, 2.45) is 0 Å². The van der Waals surface area contributed by atoms with Crippen LogP contribution in [0.25, 0.3) is 21.8 Å². The lowest BCUT2D eigenvalue weighted by Gasteiger charge is -2.27. The third-order valence-electron chi connectivity index (χ3n) is 6.24. The number of carbonyl (C=O) groups is 2. The van der Waals surface area contributed by atoms with E-state index >= 15 is 0 Å². The van der Waals surface area contributed by atoms with E-state index in [2.05, 4.69) is 16.9 Å². The zero-order valence-electron chi connectivity index (χ0n) is 17.3. The minimum absolute atomic E-state index is 0.0271. The molecule has 0 fully saturated rings. The number of hydrogen-bond acceptors (Lipinski definition) is 3. The number of aromatic nitrogens is 2. The first-order valence-electron chi connectivity index (χ1n) is 10.1. The largest absolute Gasteiger partial charge is 0.465 e. The summed E-state index contributed by atoms with van der Waals surface area (Å²) in [5, 5.41) is 2.06. The van der Waals surface area contributed by atoms with Gasteiger partial charge in [-0.1, -0.05) is 0 Å². The lowest BCUT2D eigenvalue weighted by atomic mass is 10.0. The van der Waals surface area contributed by atoms with Gasteiger partial charge in [0.25, 0.3) is 5.91 Å². The summed E-state index contributed by atoms with van der Waals surface area (Å²) in [6.07, 6.45) is 0.758. The minimum atomic E-state index is -0.360. The number of nitrogens with zero attached hydrogens (tertiary/aromatic N) is 1. The Morgan fingerprint density at radius 1 is 0.967 bits per heavy atom. The van der Waals surface area contributed by atoms with Crippen LogP contribution in [0.3, 0.4) is 0 Å². The number of aryl methyl sites for hydroxylation is 2. The number of carbonyl (C=O) groups excluding carboxylic acids is 2. The maximum atomic E-state index is 13.3. The van der Waals surface area contributed by atoms with E-state index in [1.165, 1.54) is 12.7 Å². The van der Waals surface area contributed by atoms with Crippen molar-refractivity contribution in [3.8, 4) is 0 Å². The summed E-state index contributed by atoms with van der Waals surface area (Å²) in [6, 6.07) is 11.4. The predicted molar refractivity (Wildman–Crippen MR) is 116 cm³/mol. The molecular weight excluding hydrogens is 378 g/mol. The van der Waals surface area contributed by atoms with E-state index in [-0.39, 0.29) is 11.9 Å². The van der Waals surface area contributed by atoms with Crippen LogP contribution >= 0.6 is 0 Å². The average molecular weight is 401 g/mol. The molecule has 3 heterocycles. The van der Waals surface area contributed by atoms with Gasteiger partial charge in [-0.2, -0.15) is 0 Å².